The molecule has 40 heavy (non-hydrogen) atoms. The van der Waals surface area contributed by atoms with Crippen LogP contribution in [0.1, 0.15) is 151 Å². The molecule has 0 bridgehead atoms. The van der Waals surface area contributed by atoms with Gasteiger partial charge in [0.1, 0.15) is 0 Å². The van der Waals surface area contributed by atoms with Crippen LogP contribution in [-0.2, 0) is 9.59 Å². The van der Waals surface area contributed by atoms with Gasteiger partial charge in [-0.05, 0) is 70.4 Å². The number of carbonyl (C=O) groups excluding carboxylic acids is 4. The number of nitrogens with one attached hydrogen (secondary N) is 2. The van der Waals surface area contributed by atoms with Gasteiger partial charge in [0, 0.05) is 24.9 Å². The molecule has 0 heterocycles. The Morgan fingerprint density at radius 2 is 1.35 bits per heavy atom. The Labute approximate surface area is 242 Å². The van der Waals surface area contributed by atoms with Crippen molar-refractivity contribution in [2.75, 3.05) is 18.4 Å². The minimum Gasteiger partial charge on any atom is -0.356 e. The van der Waals surface area contributed by atoms with Crippen LogP contribution in [0.4, 0.5) is 5.69 Å². The number of rotatable bonds is 23. The minimum absolute atomic E-state index is 0.0954. The predicted octanol–water partition coefficient (Wildman–Crippen LogP) is 7.37. The lowest BCUT2D eigenvalue weighted by atomic mass is 9.74. The molecule has 0 fully saturated rings. The van der Waals surface area contributed by atoms with Crippen LogP contribution in [0.5, 0.6) is 0 Å². The van der Waals surface area contributed by atoms with Crippen LogP contribution in [0.25, 0.3) is 0 Å². The van der Waals surface area contributed by atoms with E-state index < -0.39 is 0 Å². The van der Waals surface area contributed by atoms with Gasteiger partial charge in [0.05, 0.1) is 11.3 Å². The second-order valence-corrected chi connectivity index (χ2v) is 11.4. The van der Waals surface area contributed by atoms with Crippen molar-refractivity contribution in [3.05, 3.63) is 29.3 Å². The number of nitrogens with two attached hydrogens (primary N) is 1. The number of hydrogen-bond acceptors (Lipinski definition) is 5. The fourth-order valence-corrected chi connectivity index (χ4v) is 5.55. The summed E-state index contributed by atoms with van der Waals surface area (Å²) >= 11 is 0. The molecule has 1 unspecified atom stereocenters. The van der Waals surface area contributed by atoms with E-state index in [-0.39, 0.29) is 34.4 Å². The van der Waals surface area contributed by atoms with Gasteiger partial charge in [0.25, 0.3) is 0 Å². The average molecular weight is 558 g/mol. The first kappa shape index (κ1) is 35.5. The summed E-state index contributed by atoms with van der Waals surface area (Å²) in [6.45, 7) is 8.66. The number of ketones is 2. The van der Waals surface area contributed by atoms with Gasteiger partial charge in [-0.3, -0.25) is 19.2 Å². The van der Waals surface area contributed by atoms with Gasteiger partial charge in [0.2, 0.25) is 11.8 Å². The monoisotopic (exact) mass is 557 g/mol. The summed E-state index contributed by atoms with van der Waals surface area (Å²) in [7, 11) is 0. The summed E-state index contributed by atoms with van der Waals surface area (Å²) in [6.07, 6.45) is 16.2. The van der Waals surface area contributed by atoms with Gasteiger partial charge in [-0.15, -0.1) is 0 Å². The van der Waals surface area contributed by atoms with Crippen LogP contribution in [0.15, 0.2) is 18.2 Å². The molecule has 2 amide bonds. The van der Waals surface area contributed by atoms with Crippen molar-refractivity contribution in [2.24, 2.45) is 11.1 Å². The Kier molecular flexibility index (Phi) is 18.1. The normalized spacial score (nSPS) is 12.5. The molecule has 0 saturated heterocycles. The molecule has 226 valence electrons. The molecular formula is C33H55N3O4. The highest BCUT2D eigenvalue weighted by molar-refractivity contribution is 6.12. The summed E-state index contributed by atoms with van der Waals surface area (Å²) in [6, 6.07) is 4.90. The van der Waals surface area contributed by atoms with Gasteiger partial charge in [-0.2, -0.15) is 0 Å². The lowest BCUT2D eigenvalue weighted by Gasteiger charge is -2.33. The number of unbranched alkanes of at least 4 members (excludes halogenated alkanes) is 7. The Balaban J connectivity index is 2.24. The van der Waals surface area contributed by atoms with Crippen LogP contribution >= 0.6 is 0 Å². The van der Waals surface area contributed by atoms with Gasteiger partial charge in [-0.25, -0.2) is 0 Å². The molecule has 4 N–H and O–H groups in total. The SMILES string of the molecule is CCCCCCC(CN)(CCC)CCCCCC(=O)NCCCCCC(=O)Nc1cccc(C(C)=O)c1C(C)=O. The number of carbonyl (C=O) groups is 4. The molecule has 0 aromatic heterocycles. The zero-order valence-electron chi connectivity index (χ0n) is 25.7. The third-order valence-corrected chi connectivity index (χ3v) is 7.86. The van der Waals surface area contributed by atoms with E-state index >= 15 is 0 Å². The highest BCUT2D eigenvalue weighted by atomic mass is 16.2. The van der Waals surface area contributed by atoms with Crippen LogP contribution in [-0.4, -0.2) is 36.5 Å². The van der Waals surface area contributed by atoms with Crippen LogP contribution in [0.3, 0.4) is 0 Å². The van der Waals surface area contributed by atoms with Crippen molar-refractivity contribution >= 4 is 29.1 Å². The van der Waals surface area contributed by atoms with Gasteiger partial charge >= 0.3 is 0 Å². The quantitative estimate of drug-likeness (QED) is 0.0958. The third kappa shape index (κ3) is 13.7. The number of anilines is 1. The van der Waals surface area contributed by atoms with E-state index in [0.717, 1.165) is 45.1 Å². The molecule has 0 saturated carbocycles. The zero-order chi connectivity index (χ0) is 29.8. The van der Waals surface area contributed by atoms with Crippen molar-refractivity contribution in [1.29, 1.82) is 0 Å². The summed E-state index contributed by atoms with van der Waals surface area (Å²) in [4.78, 5) is 48.5. The molecule has 7 nitrogen and oxygen atoms in total. The largest absolute Gasteiger partial charge is 0.356 e. The van der Waals surface area contributed by atoms with E-state index in [4.69, 9.17) is 5.73 Å². The van der Waals surface area contributed by atoms with Crippen molar-refractivity contribution in [3.63, 3.8) is 0 Å². The van der Waals surface area contributed by atoms with E-state index in [9.17, 15) is 19.2 Å². The number of benzene rings is 1. The number of Topliss-reactive ketones (excluding diaryl/α,β-unsaturated/α-hetero) is 2. The first-order valence-corrected chi connectivity index (χ1v) is 15.6. The Morgan fingerprint density at radius 1 is 0.725 bits per heavy atom. The third-order valence-electron chi connectivity index (χ3n) is 7.86. The lowest BCUT2D eigenvalue weighted by Crippen LogP contribution is -2.30. The molecule has 0 radical (unpaired) electrons. The number of amides is 2. The summed E-state index contributed by atoms with van der Waals surface area (Å²) in [5, 5.41) is 5.77. The molecule has 0 aliphatic carbocycles. The molecule has 1 aromatic rings. The van der Waals surface area contributed by atoms with Crippen molar-refractivity contribution in [1.82, 2.24) is 5.32 Å². The lowest BCUT2D eigenvalue weighted by molar-refractivity contribution is -0.121. The highest BCUT2D eigenvalue weighted by Crippen LogP contribution is 2.35. The van der Waals surface area contributed by atoms with E-state index in [0.29, 0.717) is 37.1 Å². The molecule has 1 atom stereocenters. The molecule has 0 aliphatic heterocycles. The first-order valence-electron chi connectivity index (χ1n) is 15.6. The van der Waals surface area contributed by atoms with Gasteiger partial charge in [-0.1, -0.05) is 77.3 Å². The fraction of sp³-hybridized carbons (Fsp3) is 0.697. The van der Waals surface area contributed by atoms with E-state index in [1.807, 2.05) is 0 Å². The molecular weight excluding hydrogens is 502 g/mol. The highest BCUT2D eigenvalue weighted by Gasteiger charge is 2.26. The molecule has 7 heteroatoms. The summed E-state index contributed by atoms with van der Waals surface area (Å²) in [5.74, 6) is -0.559. The Bertz CT molecular complexity index is 930. The van der Waals surface area contributed by atoms with Crippen molar-refractivity contribution in [3.8, 4) is 0 Å². The second-order valence-electron chi connectivity index (χ2n) is 11.4. The maximum Gasteiger partial charge on any atom is 0.224 e. The maximum absolute atomic E-state index is 12.4. The second kappa shape index (κ2) is 20.4. The zero-order valence-corrected chi connectivity index (χ0v) is 25.7. The molecule has 0 aliphatic rings. The summed E-state index contributed by atoms with van der Waals surface area (Å²) < 4.78 is 0. The number of hydrogen-bond donors (Lipinski definition) is 3. The van der Waals surface area contributed by atoms with Gasteiger partial charge in [0.15, 0.2) is 11.6 Å². The topological polar surface area (TPSA) is 118 Å². The average Bonchev–Trinajstić information content (AvgIpc) is 2.92. The van der Waals surface area contributed by atoms with Gasteiger partial charge < -0.3 is 16.4 Å². The van der Waals surface area contributed by atoms with E-state index in [2.05, 4.69) is 24.5 Å². The van der Waals surface area contributed by atoms with Crippen molar-refractivity contribution in [2.45, 2.75) is 130 Å². The minimum atomic E-state index is -0.255. The summed E-state index contributed by atoms with van der Waals surface area (Å²) in [5.41, 5.74) is 7.46. The first-order chi connectivity index (χ1) is 19.2. The molecule has 1 rings (SSSR count). The predicted molar refractivity (Wildman–Crippen MR) is 165 cm³/mol. The van der Waals surface area contributed by atoms with Crippen LogP contribution in [0, 0.1) is 5.41 Å². The van der Waals surface area contributed by atoms with Crippen molar-refractivity contribution < 1.29 is 19.2 Å². The molecule has 0 spiro atoms. The fourth-order valence-electron chi connectivity index (χ4n) is 5.55. The Hall–Kier alpha value is -2.54. The van der Waals surface area contributed by atoms with E-state index in [1.54, 1.807) is 18.2 Å². The molecule has 1 aromatic carbocycles. The Morgan fingerprint density at radius 3 is 1.93 bits per heavy atom. The van der Waals surface area contributed by atoms with Crippen LogP contribution in [0.2, 0.25) is 0 Å². The smallest absolute Gasteiger partial charge is 0.224 e. The standard InChI is InChI=1S/C33H55N3O4/c1-5-7-8-13-22-33(25-34,21-6-2)23-14-9-11-19-30(39)35-24-15-10-12-20-31(40)36-29-18-16-17-28(26(3)37)32(29)27(4)38/h16-18H,5-15,19-25,34H2,1-4H3,(H,35,39)(H,36,40). The van der Waals surface area contributed by atoms with Crippen LogP contribution < -0.4 is 16.4 Å². The van der Waals surface area contributed by atoms with E-state index in [1.165, 1.54) is 58.8 Å². The maximum atomic E-state index is 12.4.